The first-order valence-corrected chi connectivity index (χ1v) is 11.0. The fraction of sp³-hybridized carbons (Fsp3) is 0.318. The highest BCUT2D eigenvalue weighted by Crippen LogP contribution is 2.58. The number of alkyl halides is 3. The summed E-state index contributed by atoms with van der Waals surface area (Å²) in [6.07, 6.45) is -3.40. The Balaban J connectivity index is 1.33. The largest absolute Gasteiger partial charge is 0.400 e. The van der Waals surface area contributed by atoms with Gasteiger partial charge in [-0.2, -0.15) is 18.3 Å². The van der Waals surface area contributed by atoms with Crippen molar-refractivity contribution in [3.63, 3.8) is 0 Å². The first kappa shape index (κ1) is 24.4. The molecule has 1 aromatic carbocycles. The molecule has 11 nitrogen and oxygen atoms in total. The molecule has 0 radical (unpaired) electrons. The second-order valence-corrected chi connectivity index (χ2v) is 8.45. The average Bonchev–Trinajstić information content (AvgIpc) is 3.41. The highest BCUT2D eigenvalue weighted by atomic mass is 19.4. The highest BCUT2D eigenvalue weighted by molar-refractivity contribution is 6.00. The van der Waals surface area contributed by atoms with Crippen LogP contribution in [0, 0.1) is 5.82 Å². The molecular weight excluding hydrogens is 500 g/mol. The molecule has 5 rings (SSSR count). The van der Waals surface area contributed by atoms with Crippen molar-refractivity contribution < 1.29 is 31.6 Å². The number of amides is 2. The Morgan fingerprint density at radius 2 is 2.03 bits per heavy atom. The number of hydrogen-bond donors (Lipinski definition) is 3. The third-order valence-corrected chi connectivity index (χ3v) is 6.09. The van der Waals surface area contributed by atoms with Crippen LogP contribution in [0.1, 0.15) is 18.5 Å². The van der Waals surface area contributed by atoms with Crippen LogP contribution in [0.2, 0.25) is 0 Å². The maximum Gasteiger partial charge on any atom is 0.400 e. The Morgan fingerprint density at radius 3 is 2.70 bits per heavy atom. The van der Waals surface area contributed by atoms with Gasteiger partial charge in [-0.05, 0) is 25.0 Å². The summed E-state index contributed by atoms with van der Waals surface area (Å²) in [5.41, 5.74) is 4.62. The third kappa shape index (κ3) is 4.41. The van der Waals surface area contributed by atoms with Gasteiger partial charge < -0.3 is 20.3 Å². The Bertz CT molecular complexity index is 1480. The number of carbonyl (C=O) groups is 1. The van der Waals surface area contributed by atoms with E-state index in [9.17, 15) is 22.4 Å². The normalized spacial score (nSPS) is 14.6. The quantitative estimate of drug-likeness (QED) is 0.309. The van der Waals surface area contributed by atoms with Crippen LogP contribution >= 0.6 is 0 Å². The molecule has 4 aromatic rings. The lowest BCUT2D eigenvalue weighted by atomic mass is 10.0. The number of anilines is 3. The van der Waals surface area contributed by atoms with Gasteiger partial charge in [-0.15, -0.1) is 0 Å². The number of fused-ring (bicyclic) bond motifs is 1. The number of nitrogen functional groups attached to an aromatic ring is 1. The van der Waals surface area contributed by atoms with Crippen molar-refractivity contribution in [2.75, 3.05) is 30.1 Å². The number of hydrogen-bond acceptors (Lipinski definition) is 8. The zero-order valence-electron chi connectivity index (χ0n) is 19.3. The predicted molar refractivity (Wildman–Crippen MR) is 123 cm³/mol. The summed E-state index contributed by atoms with van der Waals surface area (Å²) in [6.45, 7) is 0.732. The highest BCUT2D eigenvalue weighted by Gasteiger charge is 2.66. The number of aromatic nitrogens is 5. The summed E-state index contributed by atoms with van der Waals surface area (Å²) in [5.74, 6) is -0.936. The summed E-state index contributed by atoms with van der Waals surface area (Å²) in [5, 5.41) is 12.9. The minimum Gasteiger partial charge on any atom is -0.383 e. The molecule has 0 atom stereocenters. The van der Waals surface area contributed by atoms with Gasteiger partial charge in [0.15, 0.2) is 5.65 Å². The smallest absolute Gasteiger partial charge is 0.383 e. The molecule has 1 aliphatic carbocycles. The lowest BCUT2D eigenvalue weighted by molar-refractivity contribution is -0.161. The lowest BCUT2D eigenvalue weighted by Gasteiger charge is -2.15. The summed E-state index contributed by atoms with van der Waals surface area (Å²) in [6, 6.07) is 4.05. The number of methoxy groups -OCH3 is 1. The van der Waals surface area contributed by atoms with Gasteiger partial charge in [0.2, 0.25) is 5.88 Å². The molecule has 15 heteroatoms. The van der Waals surface area contributed by atoms with E-state index in [1.54, 1.807) is 11.8 Å². The minimum atomic E-state index is -4.48. The number of halogens is 4. The summed E-state index contributed by atoms with van der Waals surface area (Å²) < 4.78 is 66.2. The molecule has 3 aromatic heterocycles. The first-order chi connectivity index (χ1) is 17.6. The number of ether oxygens (including phenoxy) is 1. The molecular formula is C22H20F4N8O3. The number of nitrogens with zero attached hydrogens (tertiary/aromatic N) is 5. The number of nitrogens with one attached hydrogen (secondary N) is 2. The average molecular weight is 520 g/mol. The molecule has 0 spiro atoms. The summed E-state index contributed by atoms with van der Waals surface area (Å²) >= 11 is 0. The number of carbonyl (C=O) groups excluding carboxylic acids is 1. The van der Waals surface area contributed by atoms with Gasteiger partial charge in [-0.3, -0.25) is 5.32 Å². The van der Waals surface area contributed by atoms with Gasteiger partial charge in [0.1, 0.15) is 34.8 Å². The Labute approximate surface area is 206 Å². The van der Waals surface area contributed by atoms with Crippen LogP contribution in [0.25, 0.3) is 22.3 Å². The van der Waals surface area contributed by atoms with Crippen molar-refractivity contribution in [3.8, 4) is 11.3 Å². The number of urea groups is 1. The maximum absolute atomic E-state index is 14.9. The molecule has 0 bridgehead atoms. The monoisotopic (exact) mass is 520 g/mol. The summed E-state index contributed by atoms with van der Waals surface area (Å²) in [7, 11) is 1.54. The molecule has 0 unspecified atom stereocenters. The van der Waals surface area contributed by atoms with Gasteiger partial charge >= 0.3 is 12.2 Å². The third-order valence-electron chi connectivity index (χ3n) is 6.09. The van der Waals surface area contributed by atoms with Crippen LogP contribution in [0.15, 0.2) is 35.1 Å². The van der Waals surface area contributed by atoms with Crippen molar-refractivity contribution in [2.24, 2.45) is 0 Å². The fourth-order valence-corrected chi connectivity index (χ4v) is 3.96. The van der Waals surface area contributed by atoms with E-state index in [2.05, 4.69) is 30.9 Å². The van der Waals surface area contributed by atoms with E-state index in [1.165, 1.54) is 18.5 Å². The number of benzene rings is 1. The standard InChI is InChI=1S/C22H20F4N8O3/c1-36-7-6-34-19-16(18(27)28-10-29-19)17(32-34)11-2-3-13(12(23)8-11)30-20(35)31-15-9-14(33-37-15)21(4-5-21)22(24,25)26/h2-3,8-10H,4-7H2,1H3,(H2,27,28,29)(H2,30,31,35). The molecule has 1 aliphatic rings. The topological polar surface area (TPSA) is 146 Å². The van der Waals surface area contributed by atoms with Crippen molar-refractivity contribution in [2.45, 2.75) is 31.0 Å². The van der Waals surface area contributed by atoms with Crippen molar-refractivity contribution in [1.29, 1.82) is 0 Å². The zero-order valence-corrected chi connectivity index (χ0v) is 19.3. The molecule has 1 fully saturated rings. The Morgan fingerprint density at radius 1 is 1.24 bits per heavy atom. The van der Waals surface area contributed by atoms with Crippen LogP contribution in [0.4, 0.5) is 39.7 Å². The van der Waals surface area contributed by atoms with Gasteiger partial charge in [-0.25, -0.2) is 23.8 Å². The lowest BCUT2D eigenvalue weighted by Crippen LogP contribution is -2.28. The number of rotatable bonds is 7. The van der Waals surface area contributed by atoms with Crippen LogP contribution in [0.3, 0.4) is 0 Å². The molecule has 194 valence electrons. The van der Waals surface area contributed by atoms with Crippen molar-refractivity contribution >= 4 is 34.5 Å². The van der Waals surface area contributed by atoms with E-state index in [-0.39, 0.29) is 35.9 Å². The van der Waals surface area contributed by atoms with E-state index in [0.717, 1.165) is 12.1 Å². The van der Waals surface area contributed by atoms with E-state index in [1.807, 2.05) is 0 Å². The second kappa shape index (κ2) is 8.99. The molecule has 1 saturated carbocycles. The fourth-order valence-electron chi connectivity index (χ4n) is 3.96. The zero-order chi connectivity index (χ0) is 26.4. The van der Waals surface area contributed by atoms with Gasteiger partial charge in [-0.1, -0.05) is 11.2 Å². The van der Waals surface area contributed by atoms with E-state index in [0.29, 0.717) is 35.4 Å². The molecule has 37 heavy (non-hydrogen) atoms. The van der Waals surface area contributed by atoms with Crippen LogP contribution < -0.4 is 16.4 Å². The second-order valence-electron chi connectivity index (χ2n) is 8.45. The Hall–Kier alpha value is -4.27. The Kier molecular flexibility index (Phi) is 5.94. The van der Waals surface area contributed by atoms with Crippen LogP contribution in [-0.4, -0.2) is 50.8 Å². The summed E-state index contributed by atoms with van der Waals surface area (Å²) in [4.78, 5) is 20.5. The first-order valence-electron chi connectivity index (χ1n) is 11.0. The maximum atomic E-state index is 14.9. The molecule has 3 heterocycles. The SMILES string of the molecule is COCCn1nc(-c2ccc(NC(=O)Nc3cc(C4(C(F)(F)F)CC4)no3)c(F)c2)c2c(N)ncnc21. The molecule has 4 N–H and O–H groups in total. The minimum absolute atomic E-state index is 0.107. The number of nitrogens with two attached hydrogens (primary N) is 1. The molecule has 0 saturated heterocycles. The van der Waals surface area contributed by atoms with Gasteiger partial charge in [0, 0.05) is 18.7 Å². The van der Waals surface area contributed by atoms with Crippen molar-refractivity contribution in [3.05, 3.63) is 42.1 Å². The molecule has 0 aliphatic heterocycles. The molecule has 2 amide bonds. The van der Waals surface area contributed by atoms with E-state index < -0.39 is 23.4 Å². The van der Waals surface area contributed by atoms with Crippen molar-refractivity contribution in [1.82, 2.24) is 24.9 Å². The van der Waals surface area contributed by atoms with Crippen LogP contribution in [0.5, 0.6) is 0 Å². The van der Waals surface area contributed by atoms with E-state index in [4.69, 9.17) is 15.0 Å². The predicted octanol–water partition coefficient (Wildman–Crippen LogP) is 4.09. The van der Waals surface area contributed by atoms with Gasteiger partial charge in [0.25, 0.3) is 0 Å². The van der Waals surface area contributed by atoms with Crippen LogP contribution in [-0.2, 0) is 16.7 Å². The van der Waals surface area contributed by atoms with Gasteiger partial charge in [0.05, 0.1) is 24.2 Å². The van der Waals surface area contributed by atoms with E-state index >= 15 is 0 Å².